The summed E-state index contributed by atoms with van der Waals surface area (Å²) >= 11 is 0. The Morgan fingerprint density at radius 1 is 1.00 bits per heavy atom. The summed E-state index contributed by atoms with van der Waals surface area (Å²) in [7, 11) is 0. The van der Waals surface area contributed by atoms with E-state index in [9.17, 15) is 4.39 Å². The van der Waals surface area contributed by atoms with E-state index in [0.29, 0.717) is 6.54 Å². The lowest BCUT2D eigenvalue weighted by Crippen LogP contribution is -2.06. The van der Waals surface area contributed by atoms with Gasteiger partial charge in [0, 0.05) is 30.7 Å². The van der Waals surface area contributed by atoms with Crippen molar-refractivity contribution >= 4 is 0 Å². The zero-order valence-corrected chi connectivity index (χ0v) is 13.6. The fourth-order valence-corrected chi connectivity index (χ4v) is 3.04. The molecule has 3 rings (SSSR count). The Labute approximate surface area is 141 Å². The Kier molecular flexibility index (Phi) is 5.39. The first-order valence-corrected chi connectivity index (χ1v) is 8.30. The molecular weight excluding hydrogens is 301 g/mol. The highest BCUT2D eigenvalue weighted by Gasteiger charge is 2.18. The molecule has 0 aliphatic rings. The maximum atomic E-state index is 14.3. The molecule has 0 fully saturated rings. The monoisotopic (exact) mass is 323 g/mol. The minimum atomic E-state index is -0.158. The predicted octanol–water partition coefficient (Wildman–Crippen LogP) is 3.81. The van der Waals surface area contributed by atoms with E-state index in [1.54, 1.807) is 6.07 Å². The van der Waals surface area contributed by atoms with Gasteiger partial charge in [-0.15, -0.1) is 0 Å². The zero-order valence-electron chi connectivity index (χ0n) is 13.6. The van der Waals surface area contributed by atoms with E-state index in [1.165, 1.54) is 6.07 Å². The fraction of sp³-hybridized carbons (Fsp3) is 0.250. The minimum Gasteiger partial charge on any atom is -0.346 e. The predicted molar refractivity (Wildman–Crippen MR) is 94.4 cm³/mol. The number of nitrogens with one attached hydrogen (secondary N) is 1. The van der Waals surface area contributed by atoms with Gasteiger partial charge in [0.05, 0.1) is 0 Å². The molecule has 4 heteroatoms. The summed E-state index contributed by atoms with van der Waals surface area (Å²) in [5, 5.41) is 0. The van der Waals surface area contributed by atoms with Crippen molar-refractivity contribution in [1.29, 1.82) is 0 Å². The molecular formula is C20H22FN3. The average Bonchev–Trinajstić information content (AvgIpc) is 3.05. The van der Waals surface area contributed by atoms with Gasteiger partial charge in [0.1, 0.15) is 11.6 Å². The molecule has 124 valence electrons. The van der Waals surface area contributed by atoms with Crippen LogP contribution in [0.3, 0.4) is 0 Å². The third-order valence-corrected chi connectivity index (χ3v) is 4.25. The molecule has 1 aromatic heterocycles. The van der Waals surface area contributed by atoms with Crippen LogP contribution in [0, 0.1) is 5.82 Å². The first-order valence-electron chi connectivity index (χ1n) is 8.30. The van der Waals surface area contributed by atoms with Crippen LogP contribution in [0.1, 0.15) is 35.0 Å². The average molecular weight is 323 g/mol. The van der Waals surface area contributed by atoms with E-state index in [0.717, 1.165) is 41.9 Å². The van der Waals surface area contributed by atoms with E-state index in [1.807, 2.05) is 36.5 Å². The molecule has 0 radical (unpaired) electrons. The summed E-state index contributed by atoms with van der Waals surface area (Å²) in [6.45, 7) is 0.601. The van der Waals surface area contributed by atoms with Crippen molar-refractivity contribution in [3.05, 3.63) is 89.3 Å². The fourth-order valence-electron chi connectivity index (χ4n) is 3.04. The number of aryl methyl sites for hydroxylation is 1. The second-order valence-corrected chi connectivity index (χ2v) is 5.92. The topological polar surface area (TPSA) is 54.7 Å². The molecule has 1 unspecified atom stereocenters. The number of imidazole rings is 1. The minimum absolute atomic E-state index is 0.00968. The number of hydrogen-bond donors (Lipinski definition) is 2. The standard InChI is InChI=1S/C20H22FN3/c21-19-9-5-4-8-18(19)17(15-6-2-1-3-7-15)10-11-20-23-14-16(24-20)12-13-22/h1-9,14,17H,10-13,22H2,(H,23,24). The third kappa shape index (κ3) is 3.89. The van der Waals surface area contributed by atoms with Gasteiger partial charge in [-0.3, -0.25) is 0 Å². The van der Waals surface area contributed by atoms with Crippen molar-refractivity contribution in [2.45, 2.75) is 25.2 Å². The first-order chi connectivity index (χ1) is 11.8. The van der Waals surface area contributed by atoms with Crippen LogP contribution >= 0.6 is 0 Å². The lowest BCUT2D eigenvalue weighted by Gasteiger charge is -2.18. The van der Waals surface area contributed by atoms with Crippen molar-refractivity contribution in [3.8, 4) is 0 Å². The van der Waals surface area contributed by atoms with Gasteiger partial charge in [0.15, 0.2) is 0 Å². The summed E-state index contributed by atoms with van der Waals surface area (Å²) in [6, 6.07) is 17.1. The van der Waals surface area contributed by atoms with Crippen molar-refractivity contribution in [2.75, 3.05) is 6.54 Å². The van der Waals surface area contributed by atoms with Crippen LogP contribution in [-0.2, 0) is 12.8 Å². The van der Waals surface area contributed by atoms with Gasteiger partial charge in [-0.1, -0.05) is 48.5 Å². The summed E-state index contributed by atoms with van der Waals surface area (Å²) in [4.78, 5) is 7.71. The van der Waals surface area contributed by atoms with Crippen LogP contribution in [0.4, 0.5) is 4.39 Å². The highest BCUT2D eigenvalue weighted by molar-refractivity contribution is 5.33. The molecule has 1 atom stereocenters. The van der Waals surface area contributed by atoms with Gasteiger partial charge in [-0.2, -0.15) is 0 Å². The number of H-pyrrole nitrogens is 1. The van der Waals surface area contributed by atoms with E-state index >= 15 is 0 Å². The highest BCUT2D eigenvalue weighted by Crippen LogP contribution is 2.30. The van der Waals surface area contributed by atoms with E-state index in [4.69, 9.17) is 5.73 Å². The second-order valence-electron chi connectivity index (χ2n) is 5.92. The van der Waals surface area contributed by atoms with Crippen LogP contribution in [0.2, 0.25) is 0 Å². The number of halogens is 1. The maximum absolute atomic E-state index is 14.3. The van der Waals surface area contributed by atoms with Gasteiger partial charge in [-0.25, -0.2) is 9.37 Å². The molecule has 0 spiro atoms. The van der Waals surface area contributed by atoms with Crippen LogP contribution < -0.4 is 5.73 Å². The van der Waals surface area contributed by atoms with Crippen molar-refractivity contribution in [1.82, 2.24) is 9.97 Å². The van der Waals surface area contributed by atoms with Crippen LogP contribution in [0.25, 0.3) is 0 Å². The van der Waals surface area contributed by atoms with Crippen LogP contribution in [-0.4, -0.2) is 16.5 Å². The molecule has 0 bridgehead atoms. The molecule has 2 aromatic carbocycles. The zero-order chi connectivity index (χ0) is 16.8. The Morgan fingerprint density at radius 2 is 1.75 bits per heavy atom. The second kappa shape index (κ2) is 7.88. The summed E-state index contributed by atoms with van der Waals surface area (Å²) in [5.41, 5.74) is 8.48. The van der Waals surface area contributed by atoms with Gasteiger partial charge in [0.25, 0.3) is 0 Å². The maximum Gasteiger partial charge on any atom is 0.127 e. The molecule has 3 N–H and O–H groups in total. The van der Waals surface area contributed by atoms with Gasteiger partial charge < -0.3 is 10.7 Å². The molecule has 24 heavy (non-hydrogen) atoms. The number of benzene rings is 2. The van der Waals surface area contributed by atoms with E-state index < -0.39 is 0 Å². The van der Waals surface area contributed by atoms with Crippen molar-refractivity contribution < 1.29 is 4.39 Å². The summed E-state index contributed by atoms with van der Waals surface area (Å²) < 4.78 is 14.3. The van der Waals surface area contributed by atoms with Crippen molar-refractivity contribution in [2.24, 2.45) is 5.73 Å². The smallest absolute Gasteiger partial charge is 0.127 e. The Hall–Kier alpha value is -2.46. The van der Waals surface area contributed by atoms with Gasteiger partial charge >= 0.3 is 0 Å². The Morgan fingerprint density at radius 3 is 2.50 bits per heavy atom. The third-order valence-electron chi connectivity index (χ3n) is 4.25. The molecule has 0 amide bonds. The largest absolute Gasteiger partial charge is 0.346 e. The summed E-state index contributed by atoms with van der Waals surface area (Å²) in [6.07, 6.45) is 4.18. The number of aromatic nitrogens is 2. The molecule has 3 nitrogen and oxygen atoms in total. The first kappa shape index (κ1) is 16.4. The molecule has 0 saturated heterocycles. The Bertz CT molecular complexity index is 767. The highest BCUT2D eigenvalue weighted by atomic mass is 19.1. The number of nitrogens with zero attached hydrogens (tertiary/aromatic N) is 1. The van der Waals surface area contributed by atoms with Gasteiger partial charge in [-0.05, 0) is 30.2 Å². The number of rotatable bonds is 7. The van der Waals surface area contributed by atoms with E-state index in [2.05, 4.69) is 22.1 Å². The molecule has 3 aromatic rings. The normalized spacial score (nSPS) is 12.2. The molecule has 0 aliphatic heterocycles. The lowest BCUT2D eigenvalue weighted by atomic mass is 9.87. The number of aromatic amines is 1. The molecule has 0 saturated carbocycles. The van der Waals surface area contributed by atoms with E-state index in [-0.39, 0.29) is 11.7 Å². The number of hydrogen-bond acceptors (Lipinski definition) is 2. The quantitative estimate of drug-likeness (QED) is 0.694. The van der Waals surface area contributed by atoms with Gasteiger partial charge in [0.2, 0.25) is 0 Å². The number of nitrogens with two attached hydrogens (primary N) is 1. The van der Waals surface area contributed by atoms with Crippen LogP contribution in [0.5, 0.6) is 0 Å². The Balaban J connectivity index is 1.81. The van der Waals surface area contributed by atoms with Crippen molar-refractivity contribution in [3.63, 3.8) is 0 Å². The SMILES string of the molecule is NCCc1cnc(CCC(c2ccccc2)c2ccccc2F)[nH]1. The lowest BCUT2D eigenvalue weighted by molar-refractivity contribution is 0.582. The molecule has 1 heterocycles. The summed E-state index contributed by atoms with van der Waals surface area (Å²) in [5.74, 6) is 0.779. The molecule has 0 aliphatic carbocycles. The van der Waals surface area contributed by atoms with Crippen LogP contribution in [0.15, 0.2) is 60.8 Å².